The molecule has 0 radical (unpaired) electrons. The SMILES string of the molecule is Cc1ccc2nc(-c3cccnc3)cc(C(=O)NCCCN3CCCC[C@@H]3C)c2c1. The first-order chi connectivity index (χ1) is 14.6. The largest absolute Gasteiger partial charge is 0.352 e. The fourth-order valence-corrected chi connectivity index (χ4v) is 4.26. The van der Waals surface area contributed by atoms with Gasteiger partial charge in [0.05, 0.1) is 16.8 Å². The number of nitrogens with one attached hydrogen (secondary N) is 1. The van der Waals surface area contributed by atoms with Gasteiger partial charge in [0.25, 0.3) is 5.91 Å². The number of hydrogen-bond donors (Lipinski definition) is 1. The highest BCUT2D eigenvalue weighted by atomic mass is 16.1. The molecule has 1 saturated heterocycles. The van der Waals surface area contributed by atoms with Crippen molar-refractivity contribution in [3.05, 3.63) is 59.9 Å². The molecular weight excluding hydrogens is 372 g/mol. The van der Waals surface area contributed by atoms with Gasteiger partial charge in [-0.25, -0.2) is 4.98 Å². The topological polar surface area (TPSA) is 58.1 Å². The smallest absolute Gasteiger partial charge is 0.252 e. The number of aromatic nitrogens is 2. The summed E-state index contributed by atoms with van der Waals surface area (Å²) in [7, 11) is 0. The van der Waals surface area contributed by atoms with Crippen LogP contribution in [-0.2, 0) is 0 Å². The molecule has 0 aliphatic carbocycles. The van der Waals surface area contributed by atoms with Gasteiger partial charge < -0.3 is 10.2 Å². The lowest BCUT2D eigenvalue weighted by atomic mass is 10.0. The summed E-state index contributed by atoms with van der Waals surface area (Å²) in [5, 5.41) is 4.03. The summed E-state index contributed by atoms with van der Waals surface area (Å²) in [4.78, 5) is 24.6. The molecule has 1 atom stereocenters. The predicted octanol–water partition coefficient (Wildman–Crippen LogP) is 4.60. The fourth-order valence-electron chi connectivity index (χ4n) is 4.26. The van der Waals surface area contributed by atoms with Crippen molar-refractivity contribution >= 4 is 16.8 Å². The molecule has 5 heteroatoms. The molecule has 0 bridgehead atoms. The van der Waals surface area contributed by atoms with Gasteiger partial charge in [-0.05, 0) is 70.0 Å². The van der Waals surface area contributed by atoms with Crippen molar-refractivity contribution in [1.29, 1.82) is 0 Å². The highest BCUT2D eigenvalue weighted by molar-refractivity contribution is 6.07. The lowest BCUT2D eigenvalue weighted by Gasteiger charge is -2.33. The summed E-state index contributed by atoms with van der Waals surface area (Å²) in [5.74, 6) is -0.0372. The lowest BCUT2D eigenvalue weighted by molar-refractivity contribution is 0.0950. The third kappa shape index (κ3) is 4.68. The van der Waals surface area contributed by atoms with Crippen molar-refractivity contribution in [1.82, 2.24) is 20.2 Å². The zero-order valence-corrected chi connectivity index (χ0v) is 17.9. The van der Waals surface area contributed by atoms with Gasteiger partial charge in [-0.3, -0.25) is 9.78 Å². The van der Waals surface area contributed by atoms with Gasteiger partial charge >= 0.3 is 0 Å². The van der Waals surface area contributed by atoms with Crippen LogP contribution < -0.4 is 5.32 Å². The average molecular weight is 403 g/mol. The number of hydrogen-bond acceptors (Lipinski definition) is 4. The van der Waals surface area contributed by atoms with Crippen molar-refractivity contribution in [2.24, 2.45) is 0 Å². The van der Waals surface area contributed by atoms with E-state index < -0.39 is 0 Å². The van der Waals surface area contributed by atoms with Crippen LogP contribution in [0, 0.1) is 6.92 Å². The number of carbonyl (C=O) groups is 1. The van der Waals surface area contributed by atoms with Crippen LogP contribution in [0.4, 0.5) is 0 Å². The van der Waals surface area contributed by atoms with Crippen LogP contribution in [0.25, 0.3) is 22.2 Å². The summed E-state index contributed by atoms with van der Waals surface area (Å²) >= 11 is 0. The van der Waals surface area contributed by atoms with Crippen molar-refractivity contribution < 1.29 is 4.79 Å². The third-order valence-corrected chi connectivity index (χ3v) is 6.01. The predicted molar refractivity (Wildman–Crippen MR) is 122 cm³/mol. The van der Waals surface area contributed by atoms with Crippen LogP contribution in [0.5, 0.6) is 0 Å². The second kappa shape index (κ2) is 9.35. The highest BCUT2D eigenvalue weighted by Gasteiger charge is 2.18. The van der Waals surface area contributed by atoms with Crippen LogP contribution >= 0.6 is 0 Å². The van der Waals surface area contributed by atoms with Crippen LogP contribution in [0.1, 0.15) is 48.5 Å². The molecule has 30 heavy (non-hydrogen) atoms. The first kappa shape index (κ1) is 20.5. The van der Waals surface area contributed by atoms with Gasteiger partial charge in [-0.2, -0.15) is 0 Å². The monoisotopic (exact) mass is 402 g/mol. The van der Waals surface area contributed by atoms with Crippen LogP contribution in [0.15, 0.2) is 48.8 Å². The van der Waals surface area contributed by atoms with E-state index >= 15 is 0 Å². The molecule has 1 N–H and O–H groups in total. The molecule has 0 spiro atoms. The van der Waals surface area contributed by atoms with Crippen molar-refractivity contribution in [2.45, 2.75) is 45.6 Å². The number of nitrogens with zero attached hydrogens (tertiary/aromatic N) is 3. The molecule has 1 fully saturated rings. The first-order valence-corrected chi connectivity index (χ1v) is 11.0. The minimum atomic E-state index is -0.0372. The highest BCUT2D eigenvalue weighted by Crippen LogP contribution is 2.25. The second-order valence-corrected chi connectivity index (χ2v) is 8.31. The Labute approximate surface area is 178 Å². The number of amides is 1. The third-order valence-electron chi connectivity index (χ3n) is 6.01. The number of benzene rings is 1. The Kier molecular flexibility index (Phi) is 6.38. The van der Waals surface area contributed by atoms with Gasteiger partial charge in [0, 0.05) is 42.5 Å². The summed E-state index contributed by atoms with van der Waals surface area (Å²) in [6, 6.07) is 12.5. The zero-order valence-electron chi connectivity index (χ0n) is 17.9. The minimum Gasteiger partial charge on any atom is -0.352 e. The Morgan fingerprint density at radius 1 is 1.23 bits per heavy atom. The molecule has 5 nitrogen and oxygen atoms in total. The zero-order chi connectivity index (χ0) is 20.9. The number of rotatable bonds is 6. The Balaban J connectivity index is 1.51. The molecule has 0 saturated carbocycles. The van der Waals surface area contributed by atoms with Crippen molar-refractivity contribution in [2.75, 3.05) is 19.6 Å². The number of carbonyl (C=O) groups excluding carboxylic acids is 1. The molecule has 1 aliphatic heterocycles. The van der Waals surface area contributed by atoms with E-state index in [2.05, 4.69) is 22.1 Å². The minimum absolute atomic E-state index is 0.0372. The maximum Gasteiger partial charge on any atom is 0.252 e. The number of pyridine rings is 2. The molecule has 0 unspecified atom stereocenters. The van der Waals surface area contributed by atoms with E-state index in [1.165, 1.54) is 25.8 Å². The van der Waals surface area contributed by atoms with E-state index in [1.807, 2.05) is 43.3 Å². The van der Waals surface area contributed by atoms with Crippen molar-refractivity contribution in [3.63, 3.8) is 0 Å². The van der Waals surface area contributed by atoms with E-state index in [4.69, 9.17) is 4.98 Å². The van der Waals surface area contributed by atoms with E-state index in [0.29, 0.717) is 18.2 Å². The van der Waals surface area contributed by atoms with Gasteiger partial charge in [0.2, 0.25) is 0 Å². The molecule has 1 aromatic carbocycles. The lowest BCUT2D eigenvalue weighted by Crippen LogP contribution is -2.39. The van der Waals surface area contributed by atoms with Gasteiger partial charge in [-0.15, -0.1) is 0 Å². The molecule has 3 heterocycles. The summed E-state index contributed by atoms with van der Waals surface area (Å²) in [6.45, 7) is 7.25. The Bertz CT molecular complexity index is 1020. The summed E-state index contributed by atoms with van der Waals surface area (Å²) in [6.07, 6.45) is 8.40. The molecule has 2 aromatic heterocycles. The average Bonchev–Trinajstić information content (AvgIpc) is 2.77. The molecule has 3 aromatic rings. The number of likely N-dealkylation sites (tertiary alicyclic amines) is 1. The molecule has 156 valence electrons. The molecule has 1 amide bonds. The van der Waals surface area contributed by atoms with Gasteiger partial charge in [-0.1, -0.05) is 18.1 Å². The number of piperidine rings is 1. The maximum absolute atomic E-state index is 13.1. The van der Waals surface area contributed by atoms with Gasteiger partial charge in [0.1, 0.15) is 0 Å². The van der Waals surface area contributed by atoms with E-state index in [9.17, 15) is 4.79 Å². The Morgan fingerprint density at radius 2 is 2.13 bits per heavy atom. The molecular formula is C25H30N4O. The van der Waals surface area contributed by atoms with Crippen LogP contribution in [0.2, 0.25) is 0 Å². The first-order valence-electron chi connectivity index (χ1n) is 11.0. The number of fused-ring (bicyclic) bond motifs is 1. The van der Waals surface area contributed by atoms with E-state index in [1.54, 1.807) is 12.4 Å². The Morgan fingerprint density at radius 3 is 2.93 bits per heavy atom. The summed E-state index contributed by atoms with van der Waals surface area (Å²) in [5.41, 5.74) is 4.30. The van der Waals surface area contributed by atoms with Gasteiger partial charge in [0.15, 0.2) is 0 Å². The van der Waals surface area contributed by atoms with Crippen LogP contribution in [0.3, 0.4) is 0 Å². The van der Waals surface area contributed by atoms with E-state index in [-0.39, 0.29) is 5.91 Å². The normalized spacial score (nSPS) is 17.2. The standard InChI is InChI=1S/C25H30N4O/c1-18-9-10-23-21(15-18)22(16-24(28-23)20-8-5-11-26-17-20)25(30)27-12-6-14-29-13-4-3-7-19(29)2/h5,8-11,15-17,19H,3-4,6-7,12-14H2,1-2H3,(H,27,30)/t19-/m0/s1. The Hall–Kier alpha value is -2.79. The maximum atomic E-state index is 13.1. The quantitative estimate of drug-likeness (QED) is 0.612. The van der Waals surface area contributed by atoms with Crippen LogP contribution in [-0.4, -0.2) is 46.5 Å². The molecule has 4 rings (SSSR count). The second-order valence-electron chi connectivity index (χ2n) is 8.31. The molecule has 1 aliphatic rings. The van der Waals surface area contributed by atoms with Crippen molar-refractivity contribution in [3.8, 4) is 11.3 Å². The summed E-state index contributed by atoms with van der Waals surface area (Å²) < 4.78 is 0. The number of aryl methyl sites for hydroxylation is 1. The fraction of sp³-hybridized carbons (Fsp3) is 0.400. The van der Waals surface area contributed by atoms with E-state index in [0.717, 1.165) is 40.7 Å².